The number of anilines is 1. The van der Waals surface area contributed by atoms with Crippen LogP contribution in [0.4, 0.5) is 5.69 Å². The topological polar surface area (TPSA) is 83.9 Å². The third-order valence-corrected chi connectivity index (χ3v) is 3.07. The van der Waals surface area contributed by atoms with Gasteiger partial charge < -0.3 is 9.84 Å². The molecule has 0 aromatic heterocycles. The Morgan fingerprint density at radius 3 is 2.55 bits per heavy atom. The van der Waals surface area contributed by atoms with E-state index in [1.165, 1.54) is 13.0 Å². The van der Waals surface area contributed by atoms with Crippen molar-refractivity contribution in [3.8, 4) is 5.75 Å². The van der Waals surface area contributed by atoms with Crippen LogP contribution >= 0.6 is 0 Å². The molecule has 0 spiro atoms. The normalized spacial score (nSPS) is 16.4. The summed E-state index contributed by atoms with van der Waals surface area (Å²) in [5.41, 5.74) is -0.431. The SMILES string of the molecule is CC(=O)c1ccc2c(c1)N(CC(=O)O)C(=O)C(C)(C)O2. The summed E-state index contributed by atoms with van der Waals surface area (Å²) in [6, 6.07) is 4.65. The average Bonchev–Trinajstić information content (AvgIpc) is 2.33. The molecule has 6 nitrogen and oxygen atoms in total. The number of amides is 1. The first-order valence-corrected chi connectivity index (χ1v) is 6.10. The molecule has 6 heteroatoms. The third kappa shape index (κ3) is 2.36. The van der Waals surface area contributed by atoms with Gasteiger partial charge in [0.05, 0.1) is 5.69 Å². The average molecular weight is 277 g/mol. The molecule has 106 valence electrons. The number of hydrogen-bond acceptors (Lipinski definition) is 4. The van der Waals surface area contributed by atoms with Gasteiger partial charge in [0.2, 0.25) is 0 Å². The van der Waals surface area contributed by atoms with Gasteiger partial charge in [-0.1, -0.05) is 0 Å². The predicted octanol–water partition coefficient (Wildman–Crippen LogP) is 1.48. The third-order valence-electron chi connectivity index (χ3n) is 3.07. The summed E-state index contributed by atoms with van der Waals surface area (Å²) >= 11 is 0. The summed E-state index contributed by atoms with van der Waals surface area (Å²) < 4.78 is 5.58. The maximum absolute atomic E-state index is 12.3. The van der Waals surface area contributed by atoms with Crippen molar-refractivity contribution in [2.24, 2.45) is 0 Å². The lowest BCUT2D eigenvalue weighted by molar-refractivity contribution is -0.139. The molecule has 0 atom stereocenters. The minimum Gasteiger partial charge on any atom is -0.480 e. The number of nitrogens with zero attached hydrogens (tertiary/aromatic N) is 1. The van der Waals surface area contributed by atoms with E-state index < -0.39 is 24.0 Å². The number of carboxylic acid groups (broad SMARTS) is 1. The monoisotopic (exact) mass is 277 g/mol. The molecule has 0 radical (unpaired) electrons. The van der Waals surface area contributed by atoms with E-state index in [0.29, 0.717) is 17.0 Å². The highest BCUT2D eigenvalue weighted by molar-refractivity contribution is 6.06. The van der Waals surface area contributed by atoms with Crippen molar-refractivity contribution in [3.63, 3.8) is 0 Å². The van der Waals surface area contributed by atoms with Gasteiger partial charge in [-0.3, -0.25) is 19.3 Å². The second kappa shape index (κ2) is 4.63. The second-order valence-corrected chi connectivity index (χ2v) is 5.14. The lowest BCUT2D eigenvalue weighted by atomic mass is 10.0. The molecule has 0 unspecified atom stereocenters. The summed E-state index contributed by atoms with van der Waals surface area (Å²) in [5, 5.41) is 8.96. The predicted molar refractivity (Wildman–Crippen MR) is 71.1 cm³/mol. The minimum absolute atomic E-state index is 0.166. The lowest BCUT2D eigenvalue weighted by Gasteiger charge is -2.38. The summed E-state index contributed by atoms with van der Waals surface area (Å²) in [6.45, 7) is 4.08. The van der Waals surface area contributed by atoms with Crippen molar-refractivity contribution >= 4 is 23.3 Å². The number of ketones is 1. The summed E-state index contributed by atoms with van der Waals surface area (Å²) in [4.78, 5) is 35.8. The first-order chi connectivity index (χ1) is 9.22. The molecule has 20 heavy (non-hydrogen) atoms. The molecule has 0 fully saturated rings. The zero-order chi connectivity index (χ0) is 15.1. The maximum Gasteiger partial charge on any atom is 0.323 e. The maximum atomic E-state index is 12.3. The van der Waals surface area contributed by atoms with E-state index in [1.54, 1.807) is 26.0 Å². The van der Waals surface area contributed by atoms with Crippen LogP contribution < -0.4 is 9.64 Å². The van der Waals surface area contributed by atoms with Crippen LogP contribution in [0.3, 0.4) is 0 Å². The Hall–Kier alpha value is -2.37. The fourth-order valence-electron chi connectivity index (χ4n) is 2.08. The number of carbonyl (C=O) groups is 3. The van der Waals surface area contributed by atoms with Gasteiger partial charge in [-0.15, -0.1) is 0 Å². The molecular weight excluding hydrogens is 262 g/mol. The quantitative estimate of drug-likeness (QED) is 0.846. The fraction of sp³-hybridized carbons (Fsp3) is 0.357. The summed E-state index contributed by atoms with van der Waals surface area (Å²) in [6.07, 6.45) is 0. The standard InChI is InChI=1S/C14H15NO5/c1-8(16)9-4-5-11-10(6-9)15(7-12(17)18)13(19)14(2,3)20-11/h4-6H,7H2,1-3H3,(H,17,18). The van der Waals surface area contributed by atoms with Crippen molar-refractivity contribution in [1.82, 2.24) is 0 Å². The van der Waals surface area contributed by atoms with Crippen LogP contribution in [0, 0.1) is 0 Å². The van der Waals surface area contributed by atoms with Gasteiger partial charge >= 0.3 is 5.97 Å². The van der Waals surface area contributed by atoms with Crippen LogP contribution in [0.25, 0.3) is 0 Å². The van der Waals surface area contributed by atoms with Crippen molar-refractivity contribution in [3.05, 3.63) is 23.8 Å². The van der Waals surface area contributed by atoms with Crippen LogP contribution in [-0.2, 0) is 9.59 Å². The van der Waals surface area contributed by atoms with Crippen LogP contribution in [0.1, 0.15) is 31.1 Å². The fourth-order valence-corrected chi connectivity index (χ4v) is 2.08. The molecule has 1 heterocycles. The van der Waals surface area contributed by atoms with E-state index in [2.05, 4.69) is 0 Å². The van der Waals surface area contributed by atoms with Crippen molar-refractivity contribution < 1.29 is 24.2 Å². The van der Waals surface area contributed by atoms with Gasteiger partial charge in [0.15, 0.2) is 11.4 Å². The van der Waals surface area contributed by atoms with Gasteiger partial charge in [-0.2, -0.15) is 0 Å². The highest BCUT2D eigenvalue weighted by Gasteiger charge is 2.41. The Labute approximate surface area is 115 Å². The Morgan fingerprint density at radius 1 is 1.35 bits per heavy atom. The van der Waals surface area contributed by atoms with E-state index in [1.807, 2.05) is 0 Å². The van der Waals surface area contributed by atoms with Crippen LogP contribution in [0.5, 0.6) is 5.75 Å². The summed E-state index contributed by atoms with van der Waals surface area (Å²) in [7, 11) is 0. The molecule has 0 saturated carbocycles. The lowest BCUT2D eigenvalue weighted by Crippen LogP contribution is -2.53. The Morgan fingerprint density at radius 2 is 2.00 bits per heavy atom. The van der Waals surface area contributed by atoms with Crippen LogP contribution in [0.15, 0.2) is 18.2 Å². The smallest absolute Gasteiger partial charge is 0.323 e. The number of hydrogen-bond donors (Lipinski definition) is 1. The molecule has 1 aliphatic rings. The number of fused-ring (bicyclic) bond motifs is 1. The van der Waals surface area contributed by atoms with Crippen LogP contribution in [-0.4, -0.2) is 34.9 Å². The second-order valence-electron chi connectivity index (χ2n) is 5.14. The van der Waals surface area contributed by atoms with Gasteiger partial charge in [0.25, 0.3) is 5.91 Å². The number of ether oxygens (including phenoxy) is 1. The molecule has 0 bridgehead atoms. The first-order valence-electron chi connectivity index (χ1n) is 6.10. The Kier molecular flexibility index (Phi) is 3.25. The number of carboxylic acids is 1. The van der Waals surface area contributed by atoms with Gasteiger partial charge in [0, 0.05) is 5.56 Å². The Balaban J connectivity index is 2.56. The Bertz CT molecular complexity index is 606. The number of aliphatic carboxylic acids is 1. The molecule has 1 N–H and O–H groups in total. The summed E-state index contributed by atoms with van der Waals surface area (Å²) in [5.74, 6) is -1.36. The minimum atomic E-state index is -1.14. The molecule has 1 amide bonds. The van der Waals surface area contributed by atoms with E-state index in [4.69, 9.17) is 9.84 Å². The van der Waals surface area contributed by atoms with E-state index in [0.717, 1.165) is 4.90 Å². The van der Waals surface area contributed by atoms with Crippen molar-refractivity contribution in [2.45, 2.75) is 26.4 Å². The first kappa shape index (κ1) is 14.0. The number of rotatable bonds is 3. The molecule has 2 rings (SSSR count). The zero-order valence-corrected chi connectivity index (χ0v) is 11.5. The van der Waals surface area contributed by atoms with Gasteiger partial charge in [-0.05, 0) is 39.0 Å². The van der Waals surface area contributed by atoms with E-state index in [-0.39, 0.29) is 5.78 Å². The largest absolute Gasteiger partial charge is 0.480 e. The number of benzene rings is 1. The van der Waals surface area contributed by atoms with Gasteiger partial charge in [-0.25, -0.2) is 0 Å². The molecule has 0 saturated heterocycles. The molecule has 1 aromatic rings. The van der Waals surface area contributed by atoms with Gasteiger partial charge in [0.1, 0.15) is 12.3 Å². The van der Waals surface area contributed by atoms with E-state index in [9.17, 15) is 14.4 Å². The van der Waals surface area contributed by atoms with Crippen molar-refractivity contribution in [1.29, 1.82) is 0 Å². The molecule has 1 aromatic carbocycles. The zero-order valence-electron chi connectivity index (χ0n) is 11.5. The van der Waals surface area contributed by atoms with E-state index >= 15 is 0 Å². The van der Waals surface area contributed by atoms with Crippen LogP contribution in [0.2, 0.25) is 0 Å². The number of carbonyl (C=O) groups excluding carboxylic acids is 2. The number of Topliss-reactive ketones (excluding diaryl/α,β-unsaturated/α-hetero) is 1. The van der Waals surface area contributed by atoms with Crippen molar-refractivity contribution in [2.75, 3.05) is 11.4 Å². The molecule has 1 aliphatic heterocycles. The molecular formula is C14H15NO5. The highest BCUT2D eigenvalue weighted by Crippen LogP contribution is 2.38. The highest BCUT2D eigenvalue weighted by atomic mass is 16.5. The molecule has 0 aliphatic carbocycles.